The van der Waals surface area contributed by atoms with E-state index in [-0.39, 0.29) is 6.04 Å². The predicted molar refractivity (Wildman–Crippen MR) is 41.0 cm³/mol. The first kappa shape index (κ1) is 9.88. The molecule has 0 radical (unpaired) electrons. The Morgan fingerprint density at radius 2 is 2.10 bits per heavy atom. The molecule has 0 aliphatic carbocycles. The lowest BCUT2D eigenvalue weighted by atomic mass is 10.3. The van der Waals surface area contributed by atoms with E-state index >= 15 is 0 Å². The molecule has 0 aliphatic rings. The highest BCUT2D eigenvalue weighted by Gasteiger charge is 1.96. The van der Waals surface area contributed by atoms with E-state index in [1.54, 1.807) is 7.11 Å². The first-order chi connectivity index (χ1) is 4.81. The molecule has 0 spiro atoms. The minimum Gasteiger partial charge on any atom is -0.382 e. The monoisotopic (exact) mass is 147 g/mol. The van der Waals surface area contributed by atoms with Crippen molar-refractivity contribution in [1.29, 1.82) is 0 Å². The van der Waals surface area contributed by atoms with Crippen LogP contribution in [0.25, 0.3) is 0 Å². The Kier molecular flexibility index (Phi) is 6.91. The van der Waals surface area contributed by atoms with Gasteiger partial charge >= 0.3 is 0 Å². The Morgan fingerprint density at radius 1 is 1.40 bits per heavy atom. The minimum atomic E-state index is 0.178. The number of methoxy groups -OCH3 is 1. The van der Waals surface area contributed by atoms with E-state index in [1.165, 1.54) is 0 Å². The van der Waals surface area contributed by atoms with Crippen LogP contribution in [0.3, 0.4) is 0 Å². The molecule has 0 amide bonds. The summed E-state index contributed by atoms with van der Waals surface area (Å²) in [6.07, 6.45) is 0.965. The fourth-order valence-electron chi connectivity index (χ4n) is 0.495. The predicted octanol–water partition coefficient (Wildman–Crippen LogP) is 0.387. The van der Waals surface area contributed by atoms with E-state index in [1.807, 2.05) is 6.92 Å². The van der Waals surface area contributed by atoms with E-state index in [4.69, 9.17) is 15.2 Å². The number of ether oxygens (including phenoxy) is 2. The normalized spacial score (nSPS) is 13.5. The van der Waals surface area contributed by atoms with Gasteiger partial charge in [-0.05, 0) is 6.42 Å². The molecule has 3 nitrogen and oxygen atoms in total. The first-order valence-corrected chi connectivity index (χ1v) is 3.63. The van der Waals surface area contributed by atoms with E-state index in [9.17, 15) is 0 Å². The topological polar surface area (TPSA) is 44.5 Å². The van der Waals surface area contributed by atoms with Crippen molar-refractivity contribution in [2.45, 2.75) is 19.4 Å². The van der Waals surface area contributed by atoms with E-state index in [0.717, 1.165) is 6.42 Å². The second-order valence-corrected chi connectivity index (χ2v) is 2.24. The summed E-state index contributed by atoms with van der Waals surface area (Å²) in [7, 11) is 1.66. The lowest BCUT2D eigenvalue weighted by Crippen LogP contribution is -2.25. The molecule has 0 heterocycles. The molecule has 0 aromatic rings. The Hall–Kier alpha value is -0.120. The van der Waals surface area contributed by atoms with Gasteiger partial charge < -0.3 is 15.2 Å². The van der Waals surface area contributed by atoms with Crippen molar-refractivity contribution in [3.05, 3.63) is 0 Å². The van der Waals surface area contributed by atoms with Crippen molar-refractivity contribution in [3.8, 4) is 0 Å². The van der Waals surface area contributed by atoms with Crippen molar-refractivity contribution in [2.24, 2.45) is 5.73 Å². The number of rotatable bonds is 6. The van der Waals surface area contributed by atoms with Crippen LogP contribution in [0.1, 0.15) is 13.3 Å². The summed E-state index contributed by atoms with van der Waals surface area (Å²) in [5.41, 5.74) is 5.59. The van der Waals surface area contributed by atoms with Crippen LogP contribution in [0.2, 0.25) is 0 Å². The lowest BCUT2D eigenvalue weighted by molar-refractivity contribution is 0.0632. The molecule has 0 aliphatic heterocycles. The van der Waals surface area contributed by atoms with Gasteiger partial charge in [0.25, 0.3) is 0 Å². The molecular weight excluding hydrogens is 130 g/mol. The zero-order valence-electron chi connectivity index (χ0n) is 6.80. The summed E-state index contributed by atoms with van der Waals surface area (Å²) in [6, 6.07) is 0.178. The Balaban J connectivity index is 2.89. The third-order valence-corrected chi connectivity index (χ3v) is 1.29. The summed E-state index contributed by atoms with van der Waals surface area (Å²) in [6.45, 7) is 3.98. The van der Waals surface area contributed by atoms with E-state index in [2.05, 4.69) is 0 Å². The number of hydrogen-bond donors (Lipinski definition) is 1. The van der Waals surface area contributed by atoms with E-state index in [0.29, 0.717) is 19.8 Å². The highest BCUT2D eigenvalue weighted by Crippen LogP contribution is 1.86. The van der Waals surface area contributed by atoms with Crippen LogP contribution in [0.5, 0.6) is 0 Å². The van der Waals surface area contributed by atoms with Gasteiger partial charge in [-0.1, -0.05) is 6.92 Å². The molecule has 0 rings (SSSR count). The maximum Gasteiger partial charge on any atom is 0.0701 e. The Bertz CT molecular complexity index is 68.6. The van der Waals surface area contributed by atoms with Crippen molar-refractivity contribution < 1.29 is 9.47 Å². The van der Waals surface area contributed by atoms with Gasteiger partial charge in [-0.25, -0.2) is 0 Å². The van der Waals surface area contributed by atoms with Gasteiger partial charge in [-0.15, -0.1) is 0 Å². The fourth-order valence-corrected chi connectivity index (χ4v) is 0.495. The summed E-state index contributed by atoms with van der Waals surface area (Å²) < 4.78 is 9.97. The molecule has 62 valence electrons. The third-order valence-electron chi connectivity index (χ3n) is 1.29. The van der Waals surface area contributed by atoms with Crippen LogP contribution in [-0.4, -0.2) is 33.0 Å². The maximum absolute atomic E-state index is 5.59. The molecule has 0 aromatic carbocycles. The lowest BCUT2D eigenvalue weighted by Gasteiger charge is -2.08. The molecular formula is C7H17NO2. The third kappa shape index (κ3) is 6.01. The molecule has 0 bridgehead atoms. The first-order valence-electron chi connectivity index (χ1n) is 3.63. The molecule has 0 saturated heterocycles. The SMILES string of the molecule is CC[C@H](N)COCCOC. The molecule has 0 saturated carbocycles. The zero-order valence-corrected chi connectivity index (χ0v) is 6.80. The average Bonchev–Trinajstić information content (AvgIpc) is 1.98. The Labute approximate surface area is 62.5 Å². The largest absolute Gasteiger partial charge is 0.382 e. The summed E-state index contributed by atoms with van der Waals surface area (Å²) >= 11 is 0. The van der Waals surface area contributed by atoms with Gasteiger partial charge in [0.2, 0.25) is 0 Å². The van der Waals surface area contributed by atoms with Crippen LogP contribution in [0.4, 0.5) is 0 Å². The summed E-state index contributed by atoms with van der Waals surface area (Å²) in [5.74, 6) is 0. The smallest absolute Gasteiger partial charge is 0.0701 e. The number of hydrogen-bond acceptors (Lipinski definition) is 3. The molecule has 1 atom stereocenters. The van der Waals surface area contributed by atoms with Crippen molar-refractivity contribution in [2.75, 3.05) is 26.9 Å². The minimum absolute atomic E-state index is 0.178. The second kappa shape index (κ2) is 6.99. The van der Waals surface area contributed by atoms with Crippen LogP contribution in [0, 0.1) is 0 Å². The fraction of sp³-hybridized carbons (Fsp3) is 1.00. The van der Waals surface area contributed by atoms with Gasteiger partial charge in [-0.3, -0.25) is 0 Å². The second-order valence-electron chi connectivity index (χ2n) is 2.24. The van der Waals surface area contributed by atoms with Gasteiger partial charge in [0, 0.05) is 13.2 Å². The molecule has 3 heteroatoms. The van der Waals surface area contributed by atoms with Crippen LogP contribution < -0.4 is 5.73 Å². The summed E-state index contributed by atoms with van der Waals surface area (Å²) in [5, 5.41) is 0. The van der Waals surface area contributed by atoms with Gasteiger partial charge in [0.15, 0.2) is 0 Å². The standard InChI is InChI=1S/C7H17NO2/c1-3-7(8)6-10-5-4-9-2/h7H,3-6,8H2,1-2H3/t7-/m0/s1. The Morgan fingerprint density at radius 3 is 2.60 bits per heavy atom. The highest BCUT2D eigenvalue weighted by atomic mass is 16.5. The molecule has 2 N–H and O–H groups in total. The van der Waals surface area contributed by atoms with Gasteiger partial charge in [0.1, 0.15) is 0 Å². The van der Waals surface area contributed by atoms with Gasteiger partial charge in [0.05, 0.1) is 19.8 Å². The molecule has 0 fully saturated rings. The van der Waals surface area contributed by atoms with Crippen molar-refractivity contribution in [1.82, 2.24) is 0 Å². The van der Waals surface area contributed by atoms with Crippen LogP contribution >= 0.6 is 0 Å². The van der Waals surface area contributed by atoms with Gasteiger partial charge in [-0.2, -0.15) is 0 Å². The highest BCUT2D eigenvalue weighted by molar-refractivity contribution is 4.54. The molecule has 0 aromatic heterocycles. The summed E-state index contributed by atoms with van der Waals surface area (Å²) in [4.78, 5) is 0. The van der Waals surface area contributed by atoms with E-state index < -0.39 is 0 Å². The maximum atomic E-state index is 5.59. The zero-order chi connectivity index (χ0) is 7.82. The molecule has 10 heavy (non-hydrogen) atoms. The van der Waals surface area contributed by atoms with Crippen LogP contribution in [-0.2, 0) is 9.47 Å². The average molecular weight is 147 g/mol. The number of nitrogens with two attached hydrogens (primary N) is 1. The quantitative estimate of drug-likeness (QED) is 0.553. The van der Waals surface area contributed by atoms with Crippen molar-refractivity contribution >= 4 is 0 Å². The van der Waals surface area contributed by atoms with Crippen LogP contribution in [0.15, 0.2) is 0 Å². The molecule has 0 unspecified atom stereocenters. The van der Waals surface area contributed by atoms with Crippen molar-refractivity contribution in [3.63, 3.8) is 0 Å².